The summed E-state index contributed by atoms with van der Waals surface area (Å²) in [6.07, 6.45) is -0.199. The zero-order valence-electron chi connectivity index (χ0n) is 11.4. The number of hydrogen-bond donors (Lipinski definition) is 2. The monoisotopic (exact) mass is 297 g/mol. The van der Waals surface area contributed by atoms with E-state index in [4.69, 9.17) is 0 Å². The second-order valence-corrected chi connectivity index (χ2v) is 5.28. The number of thioether (sulfide) groups is 1. The number of rotatable bonds is 8. The van der Waals surface area contributed by atoms with E-state index in [1.165, 1.54) is 12.0 Å². The van der Waals surface area contributed by atoms with Gasteiger partial charge in [0.15, 0.2) is 6.10 Å². The predicted octanol–water partition coefficient (Wildman–Crippen LogP) is 1.21. The van der Waals surface area contributed by atoms with E-state index in [-0.39, 0.29) is 12.5 Å². The topological polar surface area (TPSA) is 75.6 Å². The third-order valence-corrected chi connectivity index (χ3v) is 3.62. The number of methoxy groups -OCH3 is 1. The lowest BCUT2D eigenvalue weighted by molar-refractivity contribution is -0.150. The minimum Gasteiger partial charge on any atom is -0.467 e. The Morgan fingerprint density at radius 2 is 2.05 bits per heavy atom. The van der Waals surface area contributed by atoms with Crippen molar-refractivity contribution < 1.29 is 19.4 Å². The summed E-state index contributed by atoms with van der Waals surface area (Å²) in [6, 6.07) is 9.96. The van der Waals surface area contributed by atoms with Crippen LogP contribution in [0, 0.1) is 0 Å². The minimum atomic E-state index is -1.30. The molecule has 110 valence electrons. The summed E-state index contributed by atoms with van der Waals surface area (Å²) < 4.78 is 4.35. The van der Waals surface area contributed by atoms with E-state index in [1.807, 2.05) is 30.3 Å². The maximum atomic E-state index is 11.5. The molecule has 0 fully saturated rings. The molecule has 0 aliphatic heterocycles. The number of nitrogens with one attached hydrogen (secondary N) is 1. The summed E-state index contributed by atoms with van der Waals surface area (Å²) in [6.45, 7) is -0.114. The van der Waals surface area contributed by atoms with Gasteiger partial charge in [-0.2, -0.15) is 0 Å². The van der Waals surface area contributed by atoms with Gasteiger partial charge in [0, 0.05) is 11.3 Å². The number of aliphatic hydroxyl groups is 1. The molecule has 1 atom stereocenters. The van der Waals surface area contributed by atoms with Crippen LogP contribution in [0.25, 0.3) is 0 Å². The molecule has 6 heteroatoms. The zero-order chi connectivity index (χ0) is 14.8. The normalized spacial score (nSPS) is 11.7. The summed E-state index contributed by atoms with van der Waals surface area (Å²) >= 11 is 1.69. The minimum absolute atomic E-state index is 0.114. The Kier molecular flexibility index (Phi) is 7.75. The molecule has 5 nitrogen and oxygen atoms in total. The number of ether oxygens (including phenoxy) is 1. The predicted molar refractivity (Wildman–Crippen MR) is 77.4 cm³/mol. The van der Waals surface area contributed by atoms with Crippen LogP contribution in [0.4, 0.5) is 0 Å². The van der Waals surface area contributed by atoms with Crippen LogP contribution in [-0.2, 0) is 14.3 Å². The molecule has 1 rings (SSSR count). The highest BCUT2D eigenvalue weighted by atomic mass is 32.2. The molecule has 0 aliphatic rings. The molecular formula is C14H19NO4S. The summed E-state index contributed by atoms with van der Waals surface area (Å²) in [5, 5.41) is 11.8. The molecule has 0 aliphatic carbocycles. The van der Waals surface area contributed by atoms with Crippen molar-refractivity contribution in [3.8, 4) is 0 Å². The van der Waals surface area contributed by atoms with Crippen LogP contribution < -0.4 is 5.32 Å². The van der Waals surface area contributed by atoms with Crippen LogP contribution in [0.15, 0.2) is 35.2 Å². The first-order valence-electron chi connectivity index (χ1n) is 6.34. The van der Waals surface area contributed by atoms with E-state index < -0.39 is 12.1 Å². The highest BCUT2D eigenvalue weighted by Crippen LogP contribution is 2.18. The van der Waals surface area contributed by atoms with Crippen LogP contribution in [-0.4, -0.2) is 42.5 Å². The quantitative estimate of drug-likeness (QED) is 0.428. The van der Waals surface area contributed by atoms with Gasteiger partial charge in [0.25, 0.3) is 0 Å². The fourth-order valence-electron chi connectivity index (χ4n) is 1.46. The number of carbonyl (C=O) groups is 2. The SMILES string of the molecule is COC(=O)C(O)CNC(=O)CCCSc1ccccc1. The molecule has 0 saturated carbocycles. The van der Waals surface area contributed by atoms with Gasteiger partial charge in [-0.3, -0.25) is 4.79 Å². The molecule has 2 N–H and O–H groups in total. The number of aliphatic hydroxyl groups excluding tert-OH is 1. The van der Waals surface area contributed by atoms with E-state index in [1.54, 1.807) is 11.8 Å². The summed E-state index contributed by atoms with van der Waals surface area (Å²) in [7, 11) is 1.19. The lowest BCUT2D eigenvalue weighted by Gasteiger charge is -2.09. The van der Waals surface area contributed by atoms with Crippen molar-refractivity contribution in [2.24, 2.45) is 0 Å². The molecule has 0 bridgehead atoms. The molecule has 0 heterocycles. The van der Waals surface area contributed by atoms with Gasteiger partial charge in [0.1, 0.15) is 0 Å². The van der Waals surface area contributed by atoms with E-state index in [0.717, 1.165) is 12.2 Å². The van der Waals surface area contributed by atoms with Gasteiger partial charge in [0.2, 0.25) is 5.91 Å². The van der Waals surface area contributed by atoms with Gasteiger partial charge < -0.3 is 15.2 Å². The van der Waals surface area contributed by atoms with E-state index in [2.05, 4.69) is 10.1 Å². The maximum absolute atomic E-state index is 11.5. The Labute approximate surface area is 122 Å². The van der Waals surface area contributed by atoms with Gasteiger partial charge in [-0.25, -0.2) is 4.79 Å². The Bertz CT molecular complexity index is 424. The van der Waals surface area contributed by atoms with Gasteiger partial charge in [-0.15, -0.1) is 11.8 Å². The van der Waals surface area contributed by atoms with Crippen molar-refractivity contribution in [1.82, 2.24) is 5.32 Å². The molecule has 1 aromatic carbocycles. The van der Waals surface area contributed by atoms with Crippen LogP contribution in [0.2, 0.25) is 0 Å². The van der Waals surface area contributed by atoms with E-state index in [0.29, 0.717) is 6.42 Å². The first-order chi connectivity index (χ1) is 9.63. The highest BCUT2D eigenvalue weighted by Gasteiger charge is 2.15. The van der Waals surface area contributed by atoms with Gasteiger partial charge in [-0.05, 0) is 24.3 Å². The van der Waals surface area contributed by atoms with Crippen molar-refractivity contribution in [3.05, 3.63) is 30.3 Å². The van der Waals surface area contributed by atoms with Crippen LogP contribution in [0.1, 0.15) is 12.8 Å². The molecule has 0 aromatic heterocycles. The van der Waals surface area contributed by atoms with Crippen molar-refractivity contribution >= 4 is 23.6 Å². The second-order valence-electron chi connectivity index (χ2n) is 4.11. The van der Waals surface area contributed by atoms with Gasteiger partial charge in [-0.1, -0.05) is 18.2 Å². The third kappa shape index (κ3) is 6.58. The van der Waals surface area contributed by atoms with Crippen LogP contribution >= 0.6 is 11.8 Å². The molecule has 1 aromatic rings. The highest BCUT2D eigenvalue weighted by molar-refractivity contribution is 7.99. The van der Waals surface area contributed by atoms with Crippen molar-refractivity contribution in [2.75, 3.05) is 19.4 Å². The molecule has 1 amide bonds. The molecule has 0 radical (unpaired) electrons. The molecule has 1 unspecified atom stereocenters. The number of esters is 1. The first-order valence-corrected chi connectivity index (χ1v) is 7.32. The Morgan fingerprint density at radius 1 is 1.35 bits per heavy atom. The summed E-state index contributed by atoms with van der Waals surface area (Å²) in [5.41, 5.74) is 0. The lowest BCUT2D eigenvalue weighted by atomic mass is 10.3. The van der Waals surface area contributed by atoms with Crippen molar-refractivity contribution in [3.63, 3.8) is 0 Å². The number of carbonyl (C=O) groups excluding carboxylic acids is 2. The Hall–Kier alpha value is -1.53. The average Bonchev–Trinajstić information content (AvgIpc) is 2.49. The maximum Gasteiger partial charge on any atom is 0.336 e. The van der Waals surface area contributed by atoms with E-state index in [9.17, 15) is 14.7 Å². The molecular weight excluding hydrogens is 278 g/mol. The molecule has 0 saturated heterocycles. The number of benzene rings is 1. The summed E-state index contributed by atoms with van der Waals surface area (Å²) in [5.74, 6) is -0.0803. The third-order valence-electron chi connectivity index (χ3n) is 2.53. The number of amides is 1. The second kappa shape index (κ2) is 9.39. The van der Waals surface area contributed by atoms with E-state index >= 15 is 0 Å². The fraction of sp³-hybridized carbons (Fsp3) is 0.429. The zero-order valence-corrected chi connectivity index (χ0v) is 12.2. The molecule has 20 heavy (non-hydrogen) atoms. The van der Waals surface area contributed by atoms with Gasteiger partial charge in [0.05, 0.1) is 13.7 Å². The average molecular weight is 297 g/mol. The van der Waals surface area contributed by atoms with Gasteiger partial charge >= 0.3 is 5.97 Å². The summed E-state index contributed by atoms with van der Waals surface area (Å²) in [4.78, 5) is 23.6. The largest absolute Gasteiger partial charge is 0.467 e. The Morgan fingerprint density at radius 3 is 2.70 bits per heavy atom. The standard InChI is InChI=1S/C14H19NO4S/c1-19-14(18)12(16)10-15-13(17)8-5-9-20-11-6-3-2-4-7-11/h2-4,6-7,12,16H,5,8-10H2,1H3,(H,15,17). The van der Waals surface area contributed by atoms with Crippen molar-refractivity contribution in [2.45, 2.75) is 23.8 Å². The Balaban J connectivity index is 2.10. The van der Waals surface area contributed by atoms with Crippen LogP contribution in [0.3, 0.4) is 0 Å². The van der Waals surface area contributed by atoms with Crippen LogP contribution in [0.5, 0.6) is 0 Å². The fourth-order valence-corrected chi connectivity index (χ4v) is 2.33. The molecule has 0 spiro atoms. The first kappa shape index (κ1) is 16.5. The lowest BCUT2D eigenvalue weighted by Crippen LogP contribution is -2.37. The number of hydrogen-bond acceptors (Lipinski definition) is 5. The smallest absolute Gasteiger partial charge is 0.336 e. The van der Waals surface area contributed by atoms with Crippen molar-refractivity contribution in [1.29, 1.82) is 0 Å².